The SMILES string of the molecule is C[C@@H](O)[C@H](NC(=O)Cc1ccsc1)C(=O)O. The number of amides is 1. The lowest BCUT2D eigenvalue weighted by molar-refractivity contribution is -0.144. The Kier molecular flexibility index (Phi) is 4.45. The highest BCUT2D eigenvalue weighted by molar-refractivity contribution is 7.07. The van der Waals surface area contributed by atoms with Gasteiger partial charge >= 0.3 is 5.97 Å². The van der Waals surface area contributed by atoms with Gasteiger partial charge in [-0.1, -0.05) is 0 Å². The van der Waals surface area contributed by atoms with E-state index in [1.54, 1.807) is 6.07 Å². The summed E-state index contributed by atoms with van der Waals surface area (Å²) in [4.78, 5) is 22.2. The molecule has 1 rings (SSSR count). The van der Waals surface area contributed by atoms with Crippen LogP contribution >= 0.6 is 11.3 Å². The van der Waals surface area contributed by atoms with Gasteiger partial charge in [-0.3, -0.25) is 4.79 Å². The molecule has 0 bridgehead atoms. The molecule has 1 heterocycles. The lowest BCUT2D eigenvalue weighted by Gasteiger charge is -2.16. The predicted molar refractivity (Wildman–Crippen MR) is 59.3 cm³/mol. The molecule has 16 heavy (non-hydrogen) atoms. The van der Waals surface area contributed by atoms with Crippen molar-refractivity contribution in [2.45, 2.75) is 25.5 Å². The first-order valence-electron chi connectivity index (χ1n) is 4.72. The predicted octanol–water partition coefficient (Wildman–Crippen LogP) is 0.241. The summed E-state index contributed by atoms with van der Waals surface area (Å²) in [5.74, 6) is -1.65. The molecule has 2 atom stereocenters. The summed E-state index contributed by atoms with van der Waals surface area (Å²) < 4.78 is 0. The van der Waals surface area contributed by atoms with Crippen LogP contribution in [0.4, 0.5) is 0 Å². The maximum Gasteiger partial charge on any atom is 0.328 e. The largest absolute Gasteiger partial charge is 0.480 e. The lowest BCUT2D eigenvalue weighted by atomic mass is 10.1. The summed E-state index contributed by atoms with van der Waals surface area (Å²) >= 11 is 1.47. The molecular formula is C10H13NO4S. The Labute approximate surface area is 96.7 Å². The van der Waals surface area contributed by atoms with Crippen molar-refractivity contribution in [2.75, 3.05) is 0 Å². The third kappa shape index (κ3) is 3.63. The summed E-state index contributed by atoms with van der Waals surface area (Å²) in [5, 5.41) is 23.8. The molecule has 5 nitrogen and oxygen atoms in total. The molecule has 1 amide bonds. The minimum atomic E-state index is -1.26. The fourth-order valence-corrected chi connectivity index (χ4v) is 1.86. The van der Waals surface area contributed by atoms with Crippen LogP contribution in [0.3, 0.4) is 0 Å². The number of aliphatic hydroxyl groups excluding tert-OH is 1. The molecule has 3 N–H and O–H groups in total. The normalized spacial score (nSPS) is 14.1. The molecule has 0 radical (unpaired) electrons. The molecule has 88 valence electrons. The summed E-state index contributed by atoms with van der Waals surface area (Å²) in [7, 11) is 0. The van der Waals surface area contributed by atoms with Gasteiger partial charge in [-0.15, -0.1) is 0 Å². The number of carbonyl (C=O) groups excluding carboxylic acids is 1. The molecule has 0 saturated carbocycles. The van der Waals surface area contributed by atoms with E-state index in [0.717, 1.165) is 5.56 Å². The number of thiophene rings is 1. The summed E-state index contributed by atoms with van der Waals surface area (Å²) in [6.07, 6.45) is -0.996. The van der Waals surface area contributed by atoms with Crippen LogP contribution in [0.1, 0.15) is 12.5 Å². The first kappa shape index (κ1) is 12.7. The number of carboxylic acid groups (broad SMARTS) is 1. The van der Waals surface area contributed by atoms with Gasteiger partial charge in [-0.2, -0.15) is 11.3 Å². The summed E-state index contributed by atoms with van der Waals surface area (Å²) in [5.41, 5.74) is 0.831. The van der Waals surface area contributed by atoms with Gasteiger partial charge in [0.05, 0.1) is 12.5 Å². The summed E-state index contributed by atoms with van der Waals surface area (Å²) in [6, 6.07) is 0.536. The van der Waals surface area contributed by atoms with Crippen LogP contribution < -0.4 is 5.32 Å². The third-order valence-electron chi connectivity index (χ3n) is 2.01. The van der Waals surface area contributed by atoms with Gasteiger partial charge in [-0.25, -0.2) is 4.79 Å². The zero-order valence-electron chi connectivity index (χ0n) is 8.71. The Morgan fingerprint density at radius 3 is 2.69 bits per heavy atom. The van der Waals surface area contributed by atoms with E-state index >= 15 is 0 Å². The molecule has 0 aliphatic heterocycles. The Morgan fingerprint density at radius 1 is 1.56 bits per heavy atom. The van der Waals surface area contributed by atoms with Crippen molar-refractivity contribution in [1.82, 2.24) is 5.32 Å². The standard InChI is InChI=1S/C10H13NO4S/c1-6(12)9(10(14)15)11-8(13)4-7-2-3-16-5-7/h2-3,5-6,9,12H,4H2,1H3,(H,11,13)(H,14,15)/t6-,9+/m1/s1. The first-order chi connectivity index (χ1) is 7.50. The second-order valence-corrected chi connectivity index (χ2v) is 4.21. The molecule has 0 unspecified atom stereocenters. The topological polar surface area (TPSA) is 86.6 Å². The van der Waals surface area contributed by atoms with Crippen LogP contribution in [0, 0.1) is 0 Å². The van der Waals surface area contributed by atoms with Gasteiger partial charge < -0.3 is 15.5 Å². The number of aliphatic carboxylic acids is 1. The van der Waals surface area contributed by atoms with Gasteiger partial charge in [0.1, 0.15) is 0 Å². The number of hydrogen-bond acceptors (Lipinski definition) is 4. The van der Waals surface area contributed by atoms with Crippen molar-refractivity contribution < 1.29 is 19.8 Å². The zero-order valence-corrected chi connectivity index (χ0v) is 9.53. The Morgan fingerprint density at radius 2 is 2.25 bits per heavy atom. The smallest absolute Gasteiger partial charge is 0.328 e. The molecule has 1 aromatic heterocycles. The summed E-state index contributed by atoms with van der Waals surface area (Å²) in [6.45, 7) is 1.32. The van der Waals surface area contributed by atoms with Crippen LogP contribution in [-0.2, 0) is 16.0 Å². The molecule has 0 fully saturated rings. The quantitative estimate of drug-likeness (QED) is 0.691. The third-order valence-corrected chi connectivity index (χ3v) is 2.74. The molecular weight excluding hydrogens is 230 g/mol. The average molecular weight is 243 g/mol. The maximum absolute atomic E-state index is 11.4. The van der Waals surface area contributed by atoms with E-state index in [0.29, 0.717) is 0 Å². The first-order valence-corrected chi connectivity index (χ1v) is 5.66. The highest BCUT2D eigenvalue weighted by Gasteiger charge is 2.24. The molecule has 0 aliphatic rings. The number of nitrogens with one attached hydrogen (secondary N) is 1. The van der Waals surface area contributed by atoms with E-state index in [9.17, 15) is 9.59 Å². The minimum absolute atomic E-state index is 0.125. The molecule has 0 aromatic carbocycles. The van der Waals surface area contributed by atoms with E-state index in [-0.39, 0.29) is 6.42 Å². The van der Waals surface area contributed by atoms with Crippen LogP contribution in [0.5, 0.6) is 0 Å². The highest BCUT2D eigenvalue weighted by atomic mass is 32.1. The van der Waals surface area contributed by atoms with E-state index in [2.05, 4.69) is 5.32 Å². The molecule has 6 heteroatoms. The Bertz CT molecular complexity index is 361. The van der Waals surface area contributed by atoms with Crippen LogP contribution in [0.2, 0.25) is 0 Å². The van der Waals surface area contributed by atoms with Gasteiger partial charge in [0, 0.05) is 0 Å². The molecule has 0 saturated heterocycles. The number of aliphatic hydroxyl groups is 1. The maximum atomic E-state index is 11.4. The number of rotatable bonds is 5. The molecule has 1 aromatic rings. The van der Waals surface area contributed by atoms with E-state index < -0.39 is 24.0 Å². The van der Waals surface area contributed by atoms with Crippen LogP contribution in [-0.4, -0.2) is 34.2 Å². The number of hydrogen-bond donors (Lipinski definition) is 3. The van der Waals surface area contributed by atoms with Crippen LogP contribution in [0.25, 0.3) is 0 Å². The van der Waals surface area contributed by atoms with E-state index in [1.165, 1.54) is 18.3 Å². The minimum Gasteiger partial charge on any atom is -0.480 e. The van der Waals surface area contributed by atoms with Gasteiger partial charge in [0.25, 0.3) is 0 Å². The van der Waals surface area contributed by atoms with Crippen molar-refractivity contribution in [3.8, 4) is 0 Å². The zero-order chi connectivity index (χ0) is 12.1. The van der Waals surface area contributed by atoms with Crippen molar-refractivity contribution >= 4 is 23.2 Å². The van der Waals surface area contributed by atoms with E-state index in [4.69, 9.17) is 10.2 Å². The van der Waals surface area contributed by atoms with Crippen molar-refractivity contribution in [2.24, 2.45) is 0 Å². The van der Waals surface area contributed by atoms with E-state index in [1.807, 2.05) is 10.8 Å². The fraction of sp³-hybridized carbons (Fsp3) is 0.400. The second-order valence-electron chi connectivity index (χ2n) is 3.43. The lowest BCUT2D eigenvalue weighted by Crippen LogP contribution is -2.48. The van der Waals surface area contributed by atoms with Crippen molar-refractivity contribution in [1.29, 1.82) is 0 Å². The van der Waals surface area contributed by atoms with Crippen molar-refractivity contribution in [3.63, 3.8) is 0 Å². The van der Waals surface area contributed by atoms with Gasteiger partial charge in [0.15, 0.2) is 6.04 Å². The number of carboxylic acids is 1. The number of carbonyl (C=O) groups is 2. The van der Waals surface area contributed by atoms with Gasteiger partial charge in [0.2, 0.25) is 5.91 Å². The van der Waals surface area contributed by atoms with Crippen LogP contribution in [0.15, 0.2) is 16.8 Å². The van der Waals surface area contributed by atoms with Gasteiger partial charge in [-0.05, 0) is 29.3 Å². The molecule has 0 spiro atoms. The highest BCUT2D eigenvalue weighted by Crippen LogP contribution is 2.06. The fourth-order valence-electron chi connectivity index (χ4n) is 1.19. The Balaban J connectivity index is 2.52. The average Bonchev–Trinajstić information content (AvgIpc) is 2.65. The monoisotopic (exact) mass is 243 g/mol. The molecule has 0 aliphatic carbocycles. The van der Waals surface area contributed by atoms with Crippen molar-refractivity contribution in [3.05, 3.63) is 22.4 Å². The Hall–Kier alpha value is -1.40. The second kappa shape index (κ2) is 5.62.